The van der Waals surface area contributed by atoms with Gasteiger partial charge in [0.2, 0.25) is 11.8 Å². The molecule has 1 aromatic carbocycles. The Kier molecular flexibility index (Phi) is 7.09. The maximum absolute atomic E-state index is 13.2. The van der Waals surface area contributed by atoms with Gasteiger partial charge >= 0.3 is 0 Å². The molecule has 0 spiro atoms. The van der Waals surface area contributed by atoms with Crippen LogP contribution in [-0.2, 0) is 9.59 Å². The first-order valence-electron chi connectivity index (χ1n) is 11.1. The van der Waals surface area contributed by atoms with Gasteiger partial charge in [0.05, 0.1) is 14.7 Å². The molecule has 34 heavy (non-hydrogen) atoms. The molecule has 0 bridgehead atoms. The van der Waals surface area contributed by atoms with Gasteiger partial charge in [-0.1, -0.05) is 0 Å². The minimum atomic E-state index is -0.435. The lowest BCUT2D eigenvalue weighted by Crippen LogP contribution is -2.45. The second-order valence-corrected chi connectivity index (χ2v) is 11.3. The topological polar surface area (TPSA) is 90.0 Å². The van der Waals surface area contributed by atoms with Gasteiger partial charge in [0, 0.05) is 44.9 Å². The number of thiophene rings is 1. The zero-order chi connectivity index (χ0) is 24.6. The molecule has 0 aliphatic carbocycles. The number of hydrogen-bond acceptors (Lipinski definition) is 5. The third-order valence-electron chi connectivity index (χ3n) is 6.25. The van der Waals surface area contributed by atoms with Crippen LogP contribution in [0.4, 0.5) is 5.69 Å². The molecule has 4 amide bonds. The van der Waals surface area contributed by atoms with Crippen molar-refractivity contribution >= 4 is 56.6 Å². The van der Waals surface area contributed by atoms with Gasteiger partial charge in [-0.3, -0.25) is 19.2 Å². The van der Waals surface area contributed by atoms with Crippen molar-refractivity contribution in [2.75, 3.05) is 32.1 Å². The highest BCUT2D eigenvalue weighted by atomic mass is 79.9. The minimum Gasteiger partial charge on any atom is -0.347 e. The molecule has 180 valence electrons. The molecule has 2 saturated heterocycles. The molecule has 2 aliphatic rings. The zero-order valence-corrected chi connectivity index (χ0v) is 21.7. The quantitative estimate of drug-likeness (QED) is 0.624. The number of carbonyl (C=O) groups is 4. The Hall–Kier alpha value is -2.72. The van der Waals surface area contributed by atoms with E-state index in [1.165, 1.54) is 16.2 Å². The summed E-state index contributed by atoms with van der Waals surface area (Å²) in [5.41, 5.74) is 1.97. The number of amides is 4. The second-order valence-electron chi connectivity index (χ2n) is 8.87. The molecule has 0 radical (unpaired) electrons. The molecule has 1 N–H and O–H groups in total. The second kappa shape index (κ2) is 9.87. The molecule has 10 heteroatoms. The molecule has 1 unspecified atom stereocenters. The van der Waals surface area contributed by atoms with Crippen molar-refractivity contribution in [3.63, 3.8) is 0 Å². The average Bonchev–Trinajstić information content (AvgIpc) is 3.52. The monoisotopic (exact) mass is 546 g/mol. The Morgan fingerprint density at radius 1 is 1.18 bits per heavy atom. The van der Waals surface area contributed by atoms with Gasteiger partial charge in [-0.15, -0.1) is 11.3 Å². The van der Waals surface area contributed by atoms with Crippen LogP contribution in [0.15, 0.2) is 34.1 Å². The van der Waals surface area contributed by atoms with Crippen molar-refractivity contribution in [2.24, 2.45) is 0 Å². The summed E-state index contributed by atoms with van der Waals surface area (Å²) in [6.07, 6.45) is 1.68. The third-order valence-corrected chi connectivity index (χ3v) is 7.87. The summed E-state index contributed by atoms with van der Waals surface area (Å²) in [5.74, 6) is -0.500. The van der Waals surface area contributed by atoms with E-state index in [-0.39, 0.29) is 36.1 Å². The summed E-state index contributed by atoms with van der Waals surface area (Å²) >= 11 is 4.70. The molecule has 0 saturated carbocycles. The van der Waals surface area contributed by atoms with Crippen LogP contribution in [0.2, 0.25) is 0 Å². The fourth-order valence-corrected chi connectivity index (χ4v) is 5.81. The number of anilines is 1. The number of halogens is 1. The number of likely N-dealkylation sites (N-methyl/N-ethyl adjacent to an activating group) is 1. The van der Waals surface area contributed by atoms with Crippen LogP contribution in [0.25, 0.3) is 0 Å². The van der Waals surface area contributed by atoms with E-state index in [1.807, 2.05) is 19.1 Å². The van der Waals surface area contributed by atoms with Gasteiger partial charge in [-0.05, 0) is 71.6 Å². The van der Waals surface area contributed by atoms with Crippen molar-refractivity contribution in [1.29, 1.82) is 0 Å². The predicted octanol–water partition coefficient (Wildman–Crippen LogP) is 3.05. The minimum absolute atomic E-state index is 0.0641. The van der Waals surface area contributed by atoms with Crippen molar-refractivity contribution < 1.29 is 19.2 Å². The lowest BCUT2D eigenvalue weighted by molar-refractivity contribution is -0.132. The molecule has 2 atom stereocenters. The summed E-state index contributed by atoms with van der Waals surface area (Å²) in [5, 5.41) is 2.94. The van der Waals surface area contributed by atoms with E-state index >= 15 is 0 Å². The summed E-state index contributed by atoms with van der Waals surface area (Å²) in [6, 6.07) is 8.15. The van der Waals surface area contributed by atoms with Crippen LogP contribution in [0.3, 0.4) is 0 Å². The van der Waals surface area contributed by atoms with Crippen LogP contribution in [-0.4, -0.2) is 72.7 Å². The maximum atomic E-state index is 13.2. The molecule has 2 aromatic rings. The van der Waals surface area contributed by atoms with E-state index in [2.05, 4.69) is 21.2 Å². The Bertz CT molecular complexity index is 1150. The molecule has 3 heterocycles. The summed E-state index contributed by atoms with van der Waals surface area (Å²) < 4.78 is 0.873. The standard InChI is InChI=1S/C24H27BrN4O4S/c1-14-11-16(6-7-17(14)23(32)28-10-4-5-18(28)24(33)27(2)3)29-13-15(12-21(29)30)26-22(31)19-8-9-20(25)34-19/h6-9,11,15,18H,4-5,10,12-13H2,1-3H3,(H,26,31)/t15?,18-/m0/s1. The van der Waals surface area contributed by atoms with Crippen molar-refractivity contribution in [1.82, 2.24) is 15.1 Å². The lowest BCUT2D eigenvalue weighted by Gasteiger charge is -2.27. The summed E-state index contributed by atoms with van der Waals surface area (Å²) in [6.45, 7) is 2.76. The van der Waals surface area contributed by atoms with Gasteiger partial charge in [0.1, 0.15) is 6.04 Å². The van der Waals surface area contributed by atoms with Crippen molar-refractivity contribution in [3.05, 3.63) is 50.1 Å². The van der Waals surface area contributed by atoms with Crippen LogP contribution in [0, 0.1) is 6.92 Å². The molecule has 1 aromatic heterocycles. The van der Waals surface area contributed by atoms with E-state index < -0.39 is 6.04 Å². The molecular weight excluding hydrogens is 520 g/mol. The van der Waals surface area contributed by atoms with E-state index in [0.717, 1.165) is 15.8 Å². The average molecular weight is 547 g/mol. The fourth-order valence-electron chi connectivity index (χ4n) is 4.52. The van der Waals surface area contributed by atoms with Gasteiger partial charge in [0.25, 0.3) is 11.8 Å². The summed E-state index contributed by atoms with van der Waals surface area (Å²) in [7, 11) is 3.40. The van der Waals surface area contributed by atoms with E-state index in [9.17, 15) is 19.2 Å². The number of carbonyl (C=O) groups excluding carboxylic acids is 4. The largest absolute Gasteiger partial charge is 0.347 e. The van der Waals surface area contributed by atoms with Gasteiger partial charge in [0.15, 0.2) is 0 Å². The molecule has 2 fully saturated rings. The fraction of sp³-hybridized carbons (Fsp3) is 0.417. The van der Waals surface area contributed by atoms with Crippen molar-refractivity contribution in [3.8, 4) is 0 Å². The smallest absolute Gasteiger partial charge is 0.261 e. The Labute approximate surface area is 211 Å². The van der Waals surface area contributed by atoms with Crippen LogP contribution in [0.5, 0.6) is 0 Å². The number of nitrogens with zero attached hydrogens (tertiary/aromatic N) is 3. The van der Waals surface area contributed by atoms with Crippen molar-refractivity contribution in [2.45, 2.75) is 38.3 Å². The van der Waals surface area contributed by atoms with E-state index in [0.29, 0.717) is 35.6 Å². The Balaban J connectivity index is 1.45. The highest BCUT2D eigenvalue weighted by Crippen LogP contribution is 2.28. The van der Waals surface area contributed by atoms with Crippen LogP contribution < -0.4 is 10.2 Å². The number of hydrogen-bond donors (Lipinski definition) is 1. The number of likely N-dealkylation sites (tertiary alicyclic amines) is 1. The molecule has 8 nitrogen and oxygen atoms in total. The van der Waals surface area contributed by atoms with Crippen LogP contribution in [0.1, 0.15) is 44.9 Å². The summed E-state index contributed by atoms with van der Waals surface area (Å²) in [4.78, 5) is 56.3. The molecule has 2 aliphatic heterocycles. The van der Waals surface area contributed by atoms with E-state index in [4.69, 9.17) is 0 Å². The van der Waals surface area contributed by atoms with Gasteiger partial charge in [-0.2, -0.15) is 0 Å². The number of benzene rings is 1. The van der Waals surface area contributed by atoms with Gasteiger partial charge < -0.3 is 20.0 Å². The highest BCUT2D eigenvalue weighted by molar-refractivity contribution is 9.11. The lowest BCUT2D eigenvalue weighted by atomic mass is 10.1. The third kappa shape index (κ3) is 4.88. The predicted molar refractivity (Wildman–Crippen MR) is 134 cm³/mol. The van der Waals surface area contributed by atoms with Crippen LogP contribution >= 0.6 is 27.3 Å². The first-order valence-corrected chi connectivity index (χ1v) is 12.8. The van der Waals surface area contributed by atoms with Gasteiger partial charge in [-0.25, -0.2) is 0 Å². The molecule has 4 rings (SSSR count). The first-order chi connectivity index (χ1) is 16.2. The zero-order valence-electron chi connectivity index (χ0n) is 19.3. The first kappa shape index (κ1) is 24.4. The highest BCUT2D eigenvalue weighted by Gasteiger charge is 2.36. The number of rotatable bonds is 5. The number of nitrogens with one attached hydrogen (secondary N) is 1. The van der Waals surface area contributed by atoms with E-state index in [1.54, 1.807) is 42.1 Å². The Morgan fingerprint density at radius 3 is 2.59 bits per heavy atom. The Morgan fingerprint density at radius 2 is 1.94 bits per heavy atom. The molecular formula is C24H27BrN4O4S. The maximum Gasteiger partial charge on any atom is 0.261 e. The number of aryl methyl sites for hydroxylation is 1. The normalized spacial score (nSPS) is 20.1. The SMILES string of the molecule is Cc1cc(N2CC(NC(=O)c3ccc(Br)s3)CC2=O)ccc1C(=O)N1CCC[C@H]1C(=O)N(C)C.